The molecule has 1 aromatic rings. The van der Waals surface area contributed by atoms with Gasteiger partial charge in [0.25, 0.3) is 0 Å². The third-order valence-electron chi connectivity index (χ3n) is 3.62. The number of nitrogens with zero attached hydrogens (tertiary/aromatic N) is 1. The molecule has 1 aromatic carbocycles. The number of anilines is 1. The molecule has 0 unspecified atom stereocenters. The van der Waals surface area contributed by atoms with Crippen LogP contribution in [0.1, 0.15) is 18.9 Å². The fourth-order valence-corrected chi connectivity index (χ4v) is 2.77. The van der Waals surface area contributed by atoms with E-state index in [4.69, 9.17) is 4.74 Å². The molecule has 3 rings (SSSR count). The molecule has 3 nitrogen and oxygen atoms in total. The molecule has 0 saturated carbocycles. The summed E-state index contributed by atoms with van der Waals surface area (Å²) in [6, 6.07) is 7.12. The van der Waals surface area contributed by atoms with Crippen LogP contribution >= 0.6 is 0 Å². The molecule has 0 aliphatic carbocycles. The minimum absolute atomic E-state index is 0.559. The van der Waals surface area contributed by atoms with Gasteiger partial charge in [-0.15, -0.1) is 0 Å². The van der Waals surface area contributed by atoms with Crippen LogP contribution in [0.4, 0.5) is 5.69 Å². The van der Waals surface area contributed by atoms with Crippen LogP contribution in [0.3, 0.4) is 0 Å². The maximum absolute atomic E-state index is 5.88. The van der Waals surface area contributed by atoms with E-state index >= 15 is 0 Å². The molecular formula is C14H20N2O. The van der Waals surface area contributed by atoms with E-state index in [-0.39, 0.29) is 0 Å². The SMILES string of the molecule is C[C@H]1CN(c2cccc3c2OCCC3)CCN1. The Bertz CT molecular complexity index is 405. The van der Waals surface area contributed by atoms with Gasteiger partial charge in [0.15, 0.2) is 0 Å². The van der Waals surface area contributed by atoms with Gasteiger partial charge in [0.05, 0.1) is 12.3 Å². The standard InChI is InChI=1S/C14H20N2O/c1-11-10-16(8-7-15-11)13-6-2-4-12-5-3-9-17-14(12)13/h2,4,6,11,15H,3,5,7-10H2,1H3/t11-/m0/s1. The largest absolute Gasteiger partial charge is 0.491 e. The number of hydrogen-bond donors (Lipinski definition) is 1. The summed E-state index contributed by atoms with van der Waals surface area (Å²) >= 11 is 0. The van der Waals surface area contributed by atoms with Crippen molar-refractivity contribution in [2.24, 2.45) is 0 Å². The Labute approximate surface area is 103 Å². The van der Waals surface area contributed by atoms with Crippen LogP contribution < -0.4 is 15.0 Å². The Morgan fingerprint density at radius 2 is 2.35 bits per heavy atom. The van der Waals surface area contributed by atoms with Gasteiger partial charge < -0.3 is 15.0 Å². The maximum atomic E-state index is 5.88. The molecule has 1 N–H and O–H groups in total. The molecule has 2 heterocycles. The molecule has 2 aliphatic heterocycles. The first-order valence-corrected chi connectivity index (χ1v) is 6.57. The summed E-state index contributed by atoms with van der Waals surface area (Å²) in [5.41, 5.74) is 2.66. The molecule has 3 heteroatoms. The average Bonchev–Trinajstić information content (AvgIpc) is 2.38. The number of hydrogen-bond acceptors (Lipinski definition) is 3. The lowest BCUT2D eigenvalue weighted by Gasteiger charge is -2.35. The average molecular weight is 232 g/mol. The molecule has 0 radical (unpaired) electrons. The molecular weight excluding hydrogens is 212 g/mol. The lowest BCUT2D eigenvalue weighted by Crippen LogP contribution is -2.49. The number of benzene rings is 1. The number of aryl methyl sites for hydroxylation is 1. The van der Waals surface area contributed by atoms with Gasteiger partial charge in [0, 0.05) is 25.7 Å². The molecule has 92 valence electrons. The van der Waals surface area contributed by atoms with Crippen molar-refractivity contribution in [3.63, 3.8) is 0 Å². The molecule has 0 bridgehead atoms. The number of rotatable bonds is 1. The fraction of sp³-hybridized carbons (Fsp3) is 0.571. The topological polar surface area (TPSA) is 24.5 Å². The third-order valence-corrected chi connectivity index (χ3v) is 3.62. The van der Waals surface area contributed by atoms with Crippen LogP contribution in [0, 0.1) is 0 Å². The number of fused-ring (bicyclic) bond motifs is 1. The summed E-state index contributed by atoms with van der Waals surface area (Å²) in [6.07, 6.45) is 2.30. The van der Waals surface area contributed by atoms with Crippen LogP contribution in [-0.2, 0) is 6.42 Å². The minimum Gasteiger partial charge on any atom is -0.491 e. The van der Waals surface area contributed by atoms with Crippen molar-refractivity contribution in [2.45, 2.75) is 25.8 Å². The van der Waals surface area contributed by atoms with Gasteiger partial charge in [-0.1, -0.05) is 12.1 Å². The van der Waals surface area contributed by atoms with Crippen LogP contribution in [0.2, 0.25) is 0 Å². The molecule has 0 spiro atoms. The van der Waals surface area contributed by atoms with E-state index in [9.17, 15) is 0 Å². The zero-order valence-electron chi connectivity index (χ0n) is 10.4. The quantitative estimate of drug-likeness (QED) is 0.799. The minimum atomic E-state index is 0.559. The van der Waals surface area contributed by atoms with E-state index in [0.29, 0.717) is 6.04 Å². The van der Waals surface area contributed by atoms with Crippen LogP contribution in [0.15, 0.2) is 18.2 Å². The van der Waals surface area contributed by atoms with Gasteiger partial charge in [-0.25, -0.2) is 0 Å². The molecule has 0 amide bonds. The van der Waals surface area contributed by atoms with Crippen LogP contribution in [0.25, 0.3) is 0 Å². The van der Waals surface area contributed by atoms with Crippen molar-refractivity contribution < 1.29 is 4.74 Å². The highest BCUT2D eigenvalue weighted by atomic mass is 16.5. The number of ether oxygens (including phenoxy) is 1. The second kappa shape index (κ2) is 4.57. The second-order valence-electron chi connectivity index (χ2n) is 5.02. The van der Waals surface area contributed by atoms with Crippen molar-refractivity contribution in [3.05, 3.63) is 23.8 Å². The van der Waals surface area contributed by atoms with E-state index in [0.717, 1.165) is 44.8 Å². The number of nitrogens with one attached hydrogen (secondary N) is 1. The highest BCUT2D eigenvalue weighted by Gasteiger charge is 2.22. The molecule has 2 aliphatic rings. The van der Waals surface area contributed by atoms with Crippen molar-refractivity contribution in [1.29, 1.82) is 0 Å². The first-order valence-electron chi connectivity index (χ1n) is 6.57. The molecule has 1 atom stereocenters. The van der Waals surface area contributed by atoms with Gasteiger partial charge in [0.1, 0.15) is 5.75 Å². The van der Waals surface area contributed by atoms with Crippen LogP contribution in [0.5, 0.6) is 5.75 Å². The molecule has 1 fully saturated rings. The third kappa shape index (κ3) is 2.12. The van der Waals surface area contributed by atoms with E-state index in [1.54, 1.807) is 0 Å². The highest BCUT2D eigenvalue weighted by molar-refractivity contribution is 5.63. The lowest BCUT2D eigenvalue weighted by atomic mass is 10.0. The van der Waals surface area contributed by atoms with Gasteiger partial charge in [-0.3, -0.25) is 0 Å². The summed E-state index contributed by atoms with van der Waals surface area (Å²) in [6.45, 7) is 6.31. The Balaban J connectivity index is 1.91. The maximum Gasteiger partial charge on any atom is 0.145 e. The van der Waals surface area contributed by atoms with E-state index in [2.05, 4.69) is 35.3 Å². The van der Waals surface area contributed by atoms with E-state index in [1.807, 2.05) is 0 Å². The van der Waals surface area contributed by atoms with Gasteiger partial charge in [-0.05, 0) is 31.4 Å². The van der Waals surface area contributed by atoms with E-state index < -0.39 is 0 Å². The summed E-state index contributed by atoms with van der Waals surface area (Å²) < 4.78 is 5.88. The lowest BCUT2D eigenvalue weighted by molar-refractivity contribution is 0.288. The van der Waals surface area contributed by atoms with Crippen molar-refractivity contribution >= 4 is 5.69 Å². The Morgan fingerprint density at radius 3 is 3.24 bits per heavy atom. The van der Waals surface area contributed by atoms with Gasteiger partial charge >= 0.3 is 0 Å². The predicted molar refractivity (Wildman–Crippen MR) is 69.9 cm³/mol. The zero-order chi connectivity index (χ0) is 11.7. The number of piperazine rings is 1. The van der Waals surface area contributed by atoms with Crippen LogP contribution in [-0.4, -0.2) is 32.3 Å². The molecule has 17 heavy (non-hydrogen) atoms. The smallest absolute Gasteiger partial charge is 0.145 e. The van der Waals surface area contributed by atoms with E-state index in [1.165, 1.54) is 11.3 Å². The van der Waals surface area contributed by atoms with Gasteiger partial charge in [-0.2, -0.15) is 0 Å². The predicted octanol–water partition coefficient (Wildman–Crippen LogP) is 1.81. The Kier molecular flexibility index (Phi) is 2.93. The summed E-state index contributed by atoms with van der Waals surface area (Å²) in [5.74, 6) is 1.13. The summed E-state index contributed by atoms with van der Waals surface area (Å²) in [4.78, 5) is 2.45. The van der Waals surface area contributed by atoms with Crippen molar-refractivity contribution in [2.75, 3.05) is 31.1 Å². The summed E-state index contributed by atoms with van der Waals surface area (Å²) in [5, 5.41) is 3.48. The Hall–Kier alpha value is -1.22. The van der Waals surface area contributed by atoms with Crippen molar-refractivity contribution in [3.8, 4) is 5.75 Å². The van der Waals surface area contributed by atoms with Crippen molar-refractivity contribution in [1.82, 2.24) is 5.32 Å². The monoisotopic (exact) mass is 232 g/mol. The normalized spacial score (nSPS) is 24.1. The zero-order valence-corrected chi connectivity index (χ0v) is 10.4. The highest BCUT2D eigenvalue weighted by Crippen LogP contribution is 2.35. The molecule has 0 aromatic heterocycles. The summed E-state index contributed by atoms with van der Waals surface area (Å²) in [7, 11) is 0. The number of para-hydroxylation sites is 1. The Morgan fingerprint density at radius 1 is 1.41 bits per heavy atom. The van der Waals surface area contributed by atoms with Gasteiger partial charge in [0.2, 0.25) is 0 Å². The molecule has 1 saturated heterocycles. The fourth-order valence-electron chi connectivity index (χ4n) is 2.77. The first kappa shape index (κ1) is 10.9. The first-order chi connectivity index (χ1) is 8.34. The second-order valence-corrected chi connectivity index (χ2v) is 5.02.